The molecule has 5 nitrogen and oxygen atoms in total. The lowest BCUT2D eigenvalue weighted by molar-refractivity contribution is 0.229. The van der Waals surface area contributed by atoms with Crippen LogP contribution in [0.15, 0.2) is 30.6 Å². The lowest BCUT2D eigenvalue weighted by atomic mass is 10.0. The summed E-state index contributed by atoms with van der Waals surface area (Å²) in [4.78, 5) is 2.51. The Labute approximate surface area is 126 Å². The van der Waals surface area contributed by atoms with E-state index in [1.54, 1.807) is 6.33 Å². The SMILES string of the molecule is CCN1CCC(Nc2ccc(-c3nncn3C)cc2)CC1. The Balaban J connectivity index is 1.62. The van der Waals surface area contributed by atoms with Gasteiger partial charge in [0, 0.05) is 37.4 Å². The fourth-order valence-corrected chi connectivity index (χ4v) is 2.89. The molecule has 0 atom stereocenters. The molecule has 1 aromatic carbocycles. The highest BCUT2D eigenvalue weighted by Crippen LogP contribution is 2.21. The molecule has 1 fully saturated rings. The van der Waals surface area contributed by atoms with Gasteiger partial charge in [-0.15, -0.1) is 10.2 Å². The van der Waals surface area contributed by atoms with Crippen molar-refractivity contribution >= 4 is 5.69 Å². The molecule has 0 bridgehead atoms. The molecule has 112 valence electrons. The van der Waals surface area contributed by atoms with E-state index in [0.29, 0.717) is 6.04 Å². The van der Waals surface area contributed by atoms with Crippen LogP contribution in [-0.4, -0.2) is 45.3 Å². The molecule has 1 aliphatic rings. The molecule has 1 aromatic heterocycles. The first-order valence-corrected chi connectivity index (χ1v) is 7.69. The van der Waals surface area contributed by atoms with Crippen molar-refractivity contribution in [2.75, 3.05) is 25.0 Å². The summed E-state index contributed by atoms with van der Waals surface area (Å²) in [5.41, 5.74) is 2.29. The number of nitrogens with one attached hydrogen (secondary N) is 1. The summed E-state index contributed by atoms with van der Waals surface area (Å²) in [6, 6.07) is 9.07. The third kappa shape index (κ3) is 3.24. The largest absolute Gasteiger partial charge is 0.382 e. The number of anilines is 1. The molecular formula is C16H23N5. The minimum atomic E-state index is 0.591. The Kier molecular flexibility index (Phi) is 4.20. The standard InChI is InChI=1S/C16H23N5/c1-3-21-10-8-15(9-11-21)18-14-6-4-13(5-7-14)16-19-17-12-20(16)2/h4-7,12,15,18H,3,8-11H2,1-2H3. The average molecular weight is 285 g/mol. The zero-order valence-electron chi connectivity index (χ0n) is 12.8. The van der Waals surface area contributed by atoms with Crippen molar-refractivity contribution < 1.29 is 0 Å². The molecule has 2 aromatic rings. The summed E-state index contributed by atoms with van der Waals surface area (Å²) in [6.07, 6.45) is 4.17. The molecule has 1 saturated heterocycles. The van der Waals surface area contributed by atoms with Crippen LogP contribution >= 0.6 is 0 Å². The van der Waals surface area contributed by atoms with Gasteiger partial charge in [0.2, 0.25) is 0 Å². The summed E-state index contributed by atoms with van der Waals surface area (Å²) < 4.78 is 1.93. The van der Waals surface area contributed by atoms with Crippen molar-refractivity contribution in [1.82, 2.24) is 19.7 Å². The molecule has 3 rings (SSSR count). The molecule has 1 aliphatic heterocycles. The maximum Gasteiger partial charge on any atom is 0.163 e. The molecule has 0 amide bonds. The first-order chi connectivity index (χ1) is 10.3. The Morgan fingerprint density at radius 3 is 2.48 bits per heavy atom. The van der Waals surface area contributed by atoms with Crippen LogP contribution in [0.2, 0.25) is 0 Å². The predicted octanol–water partition coefficient (Wildman–Crippen LogP) is 2.38. The summed E-state index contributed by atoms with van der Waals surface area (Å²) in [5, 5.41) is 11.7. The maximum atomic E-state index is 4.14. The number of hydrogen-bond donors (Lipinski definition) is 1. The van der Waals surface area contributed by atoms with Crippen LogP contribution in [0.25, 0.3) is 11.4 Å². The van der Waals surface area contributed by atoms with Gasteiger partial charge in [-0.25, -0.2) is 0 Å². The Morgan fingerprint density at radius 1 is 1.19 bits per heavy atom. The van der Waals surface area contributed by atoms with E-state index in [1.807, 2.05) is 11.6 Å². The van der Waals surface area contributed by atoms with E-state index in [1.165, 1.54) is 38.2 Å². The van der Waals surface area contributed by atoms with Crippen LogP contribution in [0.5, 0.6) is 0 Å². The topological polar surface area (TPSA) is 46.0 Å². The van der Waals surface area contributed by atoms with Crippen molar-refractivity contribution in [3.63, 3.8) is 0 Å². The summed E-state index contributed by atoms with van der Waals surface area (Å²) in [5.74, 6) is 0.901. The number of hydrogen-bond acceptors (Lipinski definition) is 4. The Bertz CT molecular complexity index is 567. The second kappa shape index (κ2) is 6.26. The van der Waals surface area contributed by atoms with Gasteiger partial charge in [-0.2, -0.15) is 0 Å². The lowest BCUT2D eigenvalue weighted by Crippen LogP contribution is -2.38. The van der Waals surface area contributed by atoms with Crippen molar-refractivity contribution in [3.8, 4) is 11.4 Å². The molecule has 5 heteroatoms. The van der Waals surface area contributed by atoms with Gasteiger partial charge in [-0.05, 0) is 43.7 Å². The van der Waals surface area contributed by atoms with E-state index in [4.69, 9.17) is 0 Å². The number of benzene rings is 1. The van der Waals surface area contributed by atoms with Crippen LogP contribution in [0.4, 0.5) is 5.69 Å². The van der Waals surface area contributed by atoms with E-state index in [-0.39, 0.29) is 0 Å². The highest BCUT2D eigenvalue weighted by Gasteiger charge is 2.17. The van der Waals surface area contributed by atoms with Gasteiger partial charge in [0.15, 0.2) is 5.82 Å². The fraction of sp³-hybridized carbons (Fsp3) is 0.500. The molecule has 0 radical (unpaired) electrons. The van der Waals surface area contributed by atoms with E-state index in [9.17, 15) is 0 Å². The van der Waals surface area contributed by atoms with Gasteiger partial charge < -0.3 is 14.8 Å². The number of nitrogens with zero attached hydrogens (tertiary/aromatic N) is 4. The highest BCUT2D eigenvalue weighted by atomic mass is 15.2. The summed E-state index contributed by atoms with van der Waals surface area (Å²) in [7, 11) is 1.96. The van der Waals surface area contributed by atoms with Gasteiger partial charge in [-0.1, -0.05) is 6.92 Å². The predicted molar refractivity (Wildman–Crippen MR) is 85.2 cm³/mol. The number of piperidine rings is 1. The quantitative estimate of drug-likeness (QED) is 0.937. The molecule has 0 spiro atoms. The van der Waals surface area contributed by atoms with Crippen molar-refractivity contribution in [2.45, 2.75) is 25.8 Å². The van der Waals surface area contributed by atoms with Crippen LogP contribution in [-0.2, 0) is 7.05 Å². The smallest absolute Gasteiger partial charge is 0.163 e. The minimum absolute atomic E-state index is 0.591. The van der Waals surface area contributed by atoms with E-state index >= 15 is 0 Å². The second-order valence-corrected chi connectivity index (χ2v) is 5.70. The van der Waals surface area contributed by atoms with E-state index < -0.39 is 0 Å². The molecule has 1 N–H and O–H groups in total. The average Bonchev–Trinajstić information content (AvgIpc) is 2.95. The van der Waals surface area contributed by atoms with Gasteiger partial charge >= 0.3 is 0 Å². The lowest BCUT2D eigenvalue weighted by Gasteiger charge is -2.32. The van der Waals surface area contributed by atoms with Gasteiger partial charge in [0.25, 0.3) is 0 Å². The fourth-order valence-electron chi connectivity index (χ4n) is 2.89. The number of aryl methyl sites for hydroxylation is 1. The van der Waals surface area contributed by atoms with Crippen LogP contribution in [0.3, 0.4) is 0 Å². The molecule has 2 heterocycles. The molecule has 0 saturated carbocycles. The third-order valence-electron chi connectivity index (χ3n) is 4.26. The first kappa shape index (κ1) is 14.1. The molecule has 0 unspecified atom stereocenters. The Hall–Kier alpha value is -1.88. The highest BCUT2D eigenvalue weighted by molar-refractivity contribution is 5.59. The monoisotopic (exact) mass is 285 g/mol. The van der Waals surface area contributed by atoms with E-state index in [0.717, 1.165) is 11.4 Å². The van der Waals surface area contributed by atoms with Crippen LogP contribution in [0.1, 0.15) is 19.8 Å². The molecular weight excluding hydrogens is 262 g/mol. The normalized spacial score (nSPS) is 17.0. The zero-order chi connectivity index (χ0) is 14.7. The van der Waals surface area contributed by atoms with Crippen LogP contribution < -0.4 is 5.32 Å². The maximum absolute atomic E-state index is 4.14. The summed E-state index contributed by atoms with van der Waals surface area (Å²) in [6.45, 7) is 5.80. The van der Waals surface area contributed by atoms with Crippen LogP contribution in [0, 0.1) is 0 Å². The first-order valence-electron chi connectivity index (χ1n) is 7.69. The second-order valence-electron chi connectivity index (χ2n) is 5.70. The number of aromatic nitrogens is 3. The van der Waals surface area contributed by atoms with Gasteiger partial charge in [0.05, 0.1) is 0 Å². The van der Waals surface area contributed by atoms with Crippen molar-refractivity contribution in [1.29, 1.82) is 0 Å². The van der Waals surface area contributed by atoms with Crippen molar-refractivity contribution in [2.24, 2.45) is 7.05 Å². The van der Waals surface area contributed by atoms with Gasteiger partial charge in [0.1, 0.15) is 6.33 Å². The number of rotatable bonds is 4. The third-order valence-corrected chi connectivity index (χ3v) is 4.26. The zero-order valence-corrected chi connectivity index (χ0v) is 12.8. The molecule has 0 aliphatic carbocycles. The number of likely N-dealkylation sites (tertiary alicyclic amines) is 1. The molecule has 21 heavy (non-hydrogen) atoms. The van der Waals surface area contributed by atoms with Crippen molar-refractivity contribution in [3.05, 3.63) is 30.6 Å². The minimum Gasteiger partial charge on any atom is -0.382 e. The van der Waals surface area contributed by atoms with E-state index in [2.05, 4.69) is 51.6 Å². The van der Waals surface area contributed by atoms with Gasteiger partial charge in [-0.3, -0.25) is 0 Å². The summed E-state index contributed by atoms with van der Waals surface area (Å²) >= 11 is 0. The Morgan fingerprint density at radius 2 is 1.90 bits per heavy atom.